The van der Waals surface area contributed by atoms with Gasteiger partial charge in [0.05, 0.1) is 10.0 Å². The van der Waals surface area contributed by atoms with Crippen LogP contribution >= 0.6 is 35.6 Å². The van der Waals surface area contributed by atoms with E-state index in [1.807, 2.05) is 12.1 Å². The van der Waals surface area contributed by atoms with Crippen LogP contribution in [0, 0.1) is 5.41 Å². The molecule has 104 valence electrons. The Morgan fingerprint density at radius 3 is 2.44 bits per heavy atom. The van der Waals surface area contributed by atoms with Gasteiger partial charge >= 0.3 is 0 Å². The fourth-order valence-corrected chi connectivity index (χ4v) is 2.19. The normalized spacial score (nSPS) is 11.5. The van der Waals surface area contributed by atoms with E-state index >= 15 is 0 Å². The van der Waals surface area contributed by atoms with E-state index in [-0.39, 0.29) is 17.8 Å². The van der Waals surface area contributed by atoms with E-state index in [4.69, 9.17) is 28.9 Å². The lowest BCUT2D eigenvalue weighted by Gasteiger charge is -2.29. The monoisotopic (exact) mass is 310 g/mol. The molecule has 0 bridgehead atoms. The van der Waals surface area contributed by atoms with Gasteiger partial charge in [0.15, 0.2) is 0 Å². The molecule has 0 aliphatic rings. The Kier molecular flexibility index (Phi) is 7.57. The Morgan fingerprint density at radius 1 is 1.28 bits per heavy atom. The minimum absolute atomic E-state index is 0. The first-order valence-corrected chi connectivity index (χ1v) is 6.43. The molecular weight excluding hydrogens is 291 g/mol. The maximum atomic E-state index is 6.16. The van der Waals surface area contributed by atoms with E-state index in [1.165, 1.54) is 0 Å². The molecule has 1 aromatic rings. The van der Waals surface area contributed by atoms with Crippen LogP contribution < -0.4 is 5.73 Å². The molecule has 0 unspecified atom stereocenters. The highest BCUT2D eigenvalue weighted by Crippen LogP contribution is 2.27. The summed E-state index contributed by atoms with van der Waals surface area (Å²) in [6.45, 7) is 6.68. The first kappa shape index (κ1) is 18.0. The summed E-state index contributed by atoms with van der Waals surface area (Å²) in [6, 6.07) is 5.73. The van der Waals surface area contributed by atoms with Gasteiger partial charge in [0, 0.05) is 13.1 Å². The number of halogens is 3. The van der Waals surface area contributed by atoms with Gasteiger partial charge < -0.3 is 10.6 Å². The average Bonchev–Trinajstić information content (AvgIpc) is 2.24. The third-order valence-corrected chi connectivity index (χ3v) is 3.58. The molecule has 0 fully saturated rings. The highest BCUT2D eigenvalue weighted by atomic mass is 35.5. The average molecular weight is 312 g/mol. The molecule has 0 saturated heterocycles. The smallest absolute Gasteiger partial charge is 0.0637 e. The van der Waals surface area contributed by atoms with E-state index in [2.05, 4.69) is 25.8 Å². The van der Waals surface area contributed by atoms with Crippen LogP contribution in [0.4, 0.5) is 0 Å². The molecule has 2 N–H and O–H groups in total. The van der Waals surface area contributed by atoms with Crippen molar-refractivity contribution in [3.8, 4) is 0 Å². The predicted molar refractivity (Wildman–Crippen MR) is 82.9 cm³/mol. The molecule has 0 aliphatic carbocycles. The minimum Gasteiger partial charge on any atom is -0.330 e. The summed E-state index contributed by atoms with van der Waals surface area (Å²) >= 11 is 12.1. The topological polar surface area (TPSA) is 29.3 Å². The lowest BCUT2D eigenvalue weighted by atomic mass is 9.93. The Labute approximate surface area is 126 Å². The summed E-state index contributed by atoms with van der Waals surface area (Å²) in [6.07, 6.45) is 0. The van der Waals surface area contributed by atoms with Crippen molar-refractivity contribution in [2.45, 2.75) is 20.4 Å². The highest BCUT2D eigenvalue weighted by Gasteiger charge is 2.18. The third kappa shape index (κ3) is 5.33. The fourth-order valence-electron chi connectivity index (χ4n) is 1.81. The minimum atomic E-state index is 0. The Hall–Kier alpha value is 0.01000. The van der Waals surface area contributed by atoms with Crippen molar-refractivity contribution < 1.29 is 0 Å². The van der Waals surface area contributed by atoms with E-state index < -0.39 is 0 Å². The van der Waals surface area contributed by atoms with Gasteiger partial charge in [-0.25, -0.2) is 0 Å². The first-order chi connectivity index (χ1) is 7.85. The molecule has 1 rings (SSSR count). The summed E-state index contributed by atoms with van der Waals surface area (Å²) in [7, 11) is 2.06. The van der Waals surface area contributed by atoms with Crippen LogP contribution in [-0.2, 0) is 6.54 Å². The quantitative estimate of drug-likeness (QED) is 0.895. The lowest BCUT2D eigenvalue weighted by molar-refractivity contribution is 0.210. The zero-order valence-electron chi connectivity index (χ0n) is 11.0. The van der Waals surface area contributed by atoms with Gasteiger partial charge in [0.25, 0.3) is 0 Å². The molecule has 0 atom stereocenters. The zero-order chi connectivity index (χ0) is 13.1. The lowest BCUT2D eigenvalue weighted by Crippen LogP contribution is -2.36. The molecule has 0 spiro atoms. The summed E-state index contributed by atoms with van der Waals surface area (Å²) in [5, 5.41) is 1.25. The second-order valence-electron chi connectivity index (χ2n) is 5.25. The van der Waals surface area contributed by atoms with E-state index in [0.717, 1.165) is 18.7 Å². The Morgan fingerprint density at radius 2 is 1.89 bits per heavy atom. The highest BCUT2D eigenvalue weighted by molar-refractivity contribution is 6.42. The fraction of sp³-hybridized carbons (Fsp3) is 0.538. The number of rotatable bonds is 5. The molecule has 0 aromatic heterocycles. The molecule has 1 aromatic carbocycles. The van der Waals surface area contributed by atoms with Crippen LogP contribution in [0.5, 0.6) is 0 Å². The summed E-state index contributed by atoms with van der Waals surface area (Å²) < 4.78 is 0. The summed E-state index contributed by atoms with van der Waals surface area (Å²) in [5.74, 6) is 0. The molecule has 0 amide bonds. The Balaban J connectivity index is 0.00000289. The maximum Gasteiger partial charge on any atom is 0.0637 e. The molecule has 2 nitrogen and oxygen atoms in total. The van der Waals surface area contributed by atoms with Gasteiger partial charge in [-0.2, -0.15) is 0 Å². The van der Waals surface area contributed by atoms with Crippen LogP contribution in [0.15, 0.2) is 18.2 Å². The summed E-state index contributed by atoms with van der Waals surface area (Å²) in [5.41, 5.74) is 6.89. The molecule has 0 aliphatic heterocycles. The number of nitrogens with two attached hydrogens (primary N) is 1. The van der Waals surface area contributed by atoms with Gasteiger partial charge in [-0.15, -0.1) is 12.4 Å². The van der Waals surface area contributed by atoms with Crippen molar-refractivity contribution >= 4 is 35.6 Å². The van der Waals surface area contributed by atoms with Crippen molar-refractivity contribution in [3.63, 3.8) is 0 Å². The van der Waals surface area contributed by atoms with Gasteiger partial charge in [-0.1, -0.05) is 49.2 Å². The molecule has 0 heterocycles. The molecule has 0 radical (unpaired) electrons. The molecule has 0 saturated carbocycles. The first-order valence-electron chi connectivity index (χ1n) is 5.67. The van der Waals surface area contributed by atoms with Gasteiger partial charge in [0.2, 0.25) is 0 Å². The van der Waals surface area contributed by atoms with E-state index in [0.29, 0.717) is 16.6 Å². The van der Waals surface area contributed by atoms with Crippen molar-refractivity contribution in [2.24, 2.45) is 11.1 Å². The SMILES string of the molecule is CN(Cc1cccc(Cl)c1Cl)CC(C)(C)CN.Cl. The Bertz CT molecular complexity index is 380. The van der Waals surface area contributed by atoms with Crippen molar-refractivity contribution in [1.82, 2.24) is 4.90 Å². The van der Waals surface area contributed by atoms with Crippen molar-refractivity contribution in [1.29, 1.82) is 0 Å². The van der Waals surface area contributed by atoms with Crippen molar-refractivity contribution in [2.75, 3.05) is 20.1 Å². The number of hydrogen-bond acceptors (Lipinski definition) is 2. The van der Waals surface area contributed by atoms with Gasteiger partial charge in [-0.05, 0) is 30.6 Å². The maximum absolute atomic E-state index is 6.16. The second-order valence-corrected chi connectivity index (χ2v) is 6.04. The van der Waals surface area contributed by atoms with Crippen LogP contribution in [-0.4, -0.2) is 25.0 Å². The van der Waals surface area contributed by atoms with Crippen molar-refractivity contribution in [3.05, 3.63) is 33.8 Å². The van der Waals surface area contributed by atoms with E-state index in [1.54, 1.807) is 6.07 Å². The van der Waals surface area contributed by atoms with Gasteiger partial charge in [0.1, 0.15) is 0 Å². The molecule has 5 heteroatoms. The van der Waals surface area contributed by atoms with Crippen LogP contribution in [0.2, 0.25) is 10.0 Å². The zero-order valence-corrected chi connectivity index (χ0v) is 13.4. The van der Waals surface area contributed by atoms with Crippen LogP contribution in [0.3, 0.4) is 0 Å². The third-order valence-electron chi connectivity index (χ3n) is 2.72. The largest absolute Gasteiger partial charge is 0.330 e. The molecular formula is C13H21Cl3N2. The molecule has 18 heavy (non-hydrogen) atoms. The predicted octanol–water partition coefficient (Wildman–Crippen LogP) is 3.83. The standard InChI is InChI=1S/C13H20Cl2N2.ClH/c1-13(2,8-16)9-17(3)7-10-5-4-6-11(14)12(10)15;/h4-6H,7-9,16H2,1-3H3;1H. The van der Waals surface area contributed by atoms with Crippen LogP contribution in [0.25, 0.3) is 0 Å². The second kappa shape index (κ2) is 7.56. The number of benzene rings is 1. The van der Waals surface area contributed by atoms with Crippen LogP contribution in [0.1, 0.15) is 19.4 Å². The van der Waals surface area contributed by atoms with Gasteiger partial charge in [-0.3, -0.25) is 0 Å². The van der Waals surface area contributed by atoms with E-state index in [9.17, 15) is 0 Å². The summed E-state index contributed by atoms with van der Waals surface area (Å²) in [4.78, 5) is 2.21. The number of hydrogen-bond donors (Lipinski definition) is 1. The number of nitrogens with zero attached hydrogens (tertiary/aromatic N) is 1.